The van der Waals surface area contributed by atoms with E-state index in [1.165, 1.54) is 7.11 Å². The van der Waals surface area contributed by atoms with E-state index in [0.717, 1.165) is 4.90 Å². The van der Waals surface area contributed by atoms with Gasteiger partial charge in [0.1, 0.15) is 6.04 Å². The number of β-amino-alcohol motifs (C(OH)–C–C–N with tert-alkyl or cyclic N) is 1. The van der Waals surface area contributed by atoms with Gasteiger partial charge in [-0.3, -0.25) is 4.79 Å². The Morgan fingerprint density at radius 2 is 2.05 bits per heavy atom. The van der Waals surface area contributed by atoms with Crippen LogP contribution in [0.3, 0.4) is 0 Å². The van der Waals surface area contributed by atoms with Crippen LogP contribution in [0.2, 0.25) is 0 Å². The minimum absolute atomic E-state index is 0.0111. The molecule has 0 radical (unpaired) electrons. The van der Waals surface area contributed by atoms with Crippen LogP contribution in [0.4, 0.5) is 4.79 Å². The van der Waals surface area contributed by atoms with Crippen LogP contribution in [-0.2, 0) is 14.3 Å². The SMILES string of the molecule is COCCNC(=O)CNC(=O)N1C[C@@H](O)C[C@H]1C(=O)O. The fourth-order valence-corrected chi connectivity index (χ4v) is 1.88. The van der Waals surface area contributed by atoms with Gasteiger partial charge < -0.3 is 30.5 Å². The molecule has 1 aliphatic heterocycles. The molecule has 9 heteroatoms. The van der Waals surface area contributed by atoms with E-state index in [-0.39, 0.29) is 19.5 Å². The summed E-state index contributed by atoms with van der Waals surface area (Å²) in [6.07, 6.45) is -0.875. The van der Waals surface area contributed by atoms with Gasteiger partial charge in [-0.1, -0.05) is 0 Å². The third-order valence-corrected chi connectivity index (χ3v) is 2.85. The van der Waals surface area contributed by atoms with Crippen molar-refractivity contribution in [2.24, 2.45) is 0 Å². The number of aliphatic hydroxyl groups is 1. The highest BCUT2D eigenvalue weighted by atomic mass is 16.5. The van der Waals surface area contributed by atoms with Gasteiger partial charge >= 0.3 is 12.0 Å². The van der Waals surface area contributed by atoms with Crippen LogP contribution in [0.1, 0.15) is 6.42 Å². The van der Waals surface area contributed by atoms with Crippen molar-refractivity contribution >= 4 is 17.9 Å². The van der Waals surface area contributed by atoms with Gasteiger partial charge in [-0.15, -0.1) is 0 Å². The fourth-order valence-electron chi connectivity index (χ4n) is 1.88. The average Bonchev–Trinajstić information content (AvgIpc) is 2.78. The molecule has 0 aromatic heterocycles. The zero-order valence-electron chi connectivity index (χ0n) is 11.2. The third-order valence-electron chi connectivity index (χ3n) is 2.85. The minimum atomic E-state index is -1.18. The molecule has 0 spiro atoms. The molecule has 0 aromatic rings. The van der Waals surface area contributed by atoms with Gasteiger partial charge in [0.15, 0.2) is 0 Å². The highest BCUT2D eigenvalue weighted by Gasteiger charge is 2.38. The first-order chi connectivity index (χ1) is 9.45. The van der Waals surface area contributed by atoms with Gasteiger partial charge in [0.05, 0.1) is 19.3 Å². The standard InChI is InChI=1S/C11H19N3O6/c1-20-3-2-12-9(16)5-13-11(19)14-6-7(15)4-8(14)10(17)18/h7-8,15H,2-6H2,1H3,(H,12,16)(H,13,19)(H,17,18)/t7-,8-/m0/s1. The number of methoxy groups -OCH3 is 1. The number of carbonyl (C=O) groups excluding carboxylic acids is 2. The number of ether oxygens (including phenoxy) is 1. The highest BCUT2D eigenvalue weighted by Crippen LogP contribution is 2.17. The molecule has 1 fully saturated rings. The number of carboxylic acid groups (broad SMARTS) is 1. The van der Waals surface area contributed by atoms with Gasteiger partial charge in [-0.05, 0) is 0 Å². The Kier molecular flexibility index (Phi) is 6.19. The molecule has 9 nitrogen and oxygen atoms in total. The van der Waals surface area contributed by atoms with Crippen LogP contribution >= 0.6 is 0 Å². The maximum Gasteiger partial charge on any atom is 0.326 e. The van der Waals surface area contributed by atoms with Crippen molar-refractivity contribution < 1.29 is 29.3 Å². The summed E-state index contributed by atoms with van der Waals surface area (Å²) < 4.78 is 4.75. The van der Waals surface area contributed by atoms with Crippen LogP contribution in [0.15, 0.2) is 0 Å². The van der Waals surface area contributed by atoms with E-state index in [9.17, 15) is 19.5 Å². The van der Waals surface area contributed by atoms with Crippen molar-refractivity contribution in [2.75, 3.05) is 33.4 Å². The molecule has 20 heavy (non-hydrogen) atoms. The molecule has 0 unspecified atom stereocenters. The van der Waals surface area contributed by atoms with Crippen LogP contribution in [0.25, 0.3) is 0 Å². The van der Waals surface area contributed by atoms with Gasteiger partial charge in [0.25, 0.3) is 0 Å². The Balaban J connectivity index is 2.38. The molecule has 1 aliphatic rings. The highest BCUT2D eigenvalue weighted by molar-refractivity contribution is 5.87. The first kappa shape index (κ1) is 16.2. The molecule has 2 atom stereocenters. The number of nitrogens with one attached hydrogen (secondary N) is 2. The van der Waals surface area contributed by atoms with E-state index in [0.29, 0.717) is 13.2 Å². The minimum Gasteiger partial charge on any atom is -0.480 e. The summed E-state index contributed by atoms with van der Waals surface area (Å²) in [5.41, 5.74) is 0. The van der Waals surface area contributed by atoms with Gasteiger partial charge in [0, 0.05) is 26.6 Å². The lowest BCUT2D eigenvalue weighted by Crippen LogP contribution is -2.48. The average molecular weight is 289 g/mol. The number of carbonyl (C=O) groups is 3. The zero-order chi connectivity index (χ0) is 15.1. The first-order valence-electron chi connectivity index (χ1n) is 6.16. The summed E-state index contributed by atoms with van der Waals surface area (Å²) in [7, 11) is 1.50. The molecule has 0 aliphatic carbocycles. The number of aliphatic carboxylic acids is 1. The Hall–Kier alpha value is -1.87. The maximum atomic E-state index is 11.8. The maximum absolute atomic E-state index is 11.8. The fraction of sp³-hybridized carbons (Fsp3) is 0.727. The second-order valence-corrected chi connectivity index (χ2v) is 4.40. The van der Waals surface area contributed by atoms with Crippen molar-refractivity contribution in [1.82, 2.24) is 15.5 Å². The topological polar surface area (TPSA) is 128 Å². The second kappa shape index (κ2) is 7.65. The van der Waals surface area contributed by atoms with Crippen LogP contribution < -0.4 is 10.6 Å². The monoisotopic (exact) mass is 289 g/mol. The first-order valence-corrected chi connectivity index (χ1v) is 6.16. The van der Waals surface area contributed by atoms with E-state index >= 15 is 0 Å². The molecule has 1 saturated heterocycles. The van der Waals surface area contributed by atoms with Crippen molar-refractivity contribution in [3.05, 3.63) is 0 Å². The van der Waals surface area contributed by atoms with Gasteiger partial charge in [0.2, 0.25) is 5.91 Å². The van der Waals surface area contributed by atoms with Crippen LogP contribution in [0, 0.1) is 0 Å². The number of hydrogen-bond donors (Lipinski definition) is 4. The Labute approximate surface area is 115 Å². The van der Waals surface area contributed by atoms with Crippen molar-refractivity contribution in [2.45, 2.75) is 18.6 Å². The molecule has 3 amide bonds. The molecule has 114 valence electrons. The summed E-state index contributed by atoms with van der Waals surface area (Å²) in [4.78, 5) is 35.1. The lowest BCUT2D eigenvalue weighted by Gasteiger charge is -2.21. The number of rotatable bonds is 6. The van der Waals surface area contributed by atoms with Crippen LogP contribution in [-0.4, -0.2) is 78.5 Å². The summed E-state index contributed by atoms with van der Waals surface area (Å²) in [5.74, 6) is -1.58. The molecule has 4 N–H and O–H groups in total. The van der Waals surface area contributed by atoms with Crippen LogP contribution in [0.5, 0.6) is 0 Å². The molecule has 1 rings (SSSR count). The summed E-state index contributed by atoms with van der Waals surface area (Å²) >= 11 is 0. The molecule has 0 aromatic carbocycles. The third kappa shape index (κ3) is 4.67. The second-order valence-electron chi connectivity index (χ2n) is 4.40. The van der Waals surface area contributed by atoms with E-state index in [1.54, 1.807) is 0 Å². The van der Waals surface area contributed by atoms with E-state index in [4.69, 9.17) is 9.84 Å². The number of amides is 3. The summed E-state index contributed by atoms with van der Waals surface area (Å²) in [5, 5.41) is 23.2. The zero-order valence-corrected chi connectivity index (χ0v) is 11.2. The van der Waals surface area contributed by atoms with E-state index in [1.807, 2.05) is 0 Å². The van der Waals surface area contributed by atoms with Crippen molar-refractivity contribution in [3.63, 3.8) is 0 Å². The number of nitrogens with zero attached hydrogens (tertiary/aromatic N) is 1. The quantitative estimate of drug-likeness (QED) is 0.418. The molecule has 0 bridgehead atoms. The lowest BCUT2D eigenvalue weighted by molar-refractivity contribution is -0.141. The van der Waals surface area contributed by atoms with Crippen molar-refractivity contribution in [1.29, 1.82) is 0 Å². The van der Waals surface area contributed by atoms with Gasteiger partial charge in [-0.2, -0.15) is 0 Å². The summed E-state index contributed by atoms with van der Waals surface area (Å²) in [6, 6.07) is -1.75. The Morgan fingerprint density at radius 3 is 2.65 bits per heavy atom. The normalized spacial score (nSPS) is 21.6. The van der Waals surface area contributed by atoms with Gasteiger partial charge in [-0.25, -0.2) is 9.59 Å². The molecular weight excluding hydrogens is 270 g/mol. The molecule has 1 heterocycles. The van der Waals surface area contributed by atoms with Crippen molar-refractivity contribution in [3.8, 4) is 0 Å². The number of urea groups is 1. The largest absolute Gasteiger partial charge is 0.480 e. The smallest absolute Gasteiger partial charge is 0.326 e. The number of hydrogen-bond acceptors (Lipinski definition) is 5. The van der Waals surface area contributed by atoms with E-state index in [2.05, 4.69) is 10.6 Å². The predicted octanol–water partition coefficient (Wildman–Crippen LogP) is -2.02. The molecular formula is C11H19N3O6. The Bertz CT molecular complexity index is 375. The lowest BCUT2D eigenvalue weighted by atomic mass is 10.2. The number of likely N-dealkylation sites (tertiary alicyclic amines) is 1. The Morgan fingerprint density at radius 1 is 1.35 bits per heavy atom. The molecule has 0 saturated carbocycles. The number of carboxylic acids is 1. The van der Waals surface area contributed by atoms with E-state index < -0.39 is 30.1 Å². The predicted molar refractivity (Wildman–Crippen MR) is 67.0 cm³/mol. The number of aliphatic hydroxyl groups excluding tert-OH is 1. The summed E-state index contributed by atoms with van der Waals surface area (Å²) in [6.45, 7) is 0.361.